The van der Waals surface area contributed by atoms with Gasteiger partial charge in [-0.25, -0.2) is 4.79 Å². The SMILES string of the molecule is O=C(NC1CCCCC1)N1CCCCC1c1noc(COCC2CC2)n1. The predicted molar refractivity (Wildman–Crippen MR) is 95.4 cm³/mol. The number of likely N-dealkylation sites (tertiary alicyclic amines) is 1. The smallest absolute Gasteiger partial charge is 0.318 e. The van der Waals surface area contributed by atoms with Gasteiger partial charge in [-0.15, -0.1) is 0 Å². The zero-order chi connectivity index (χ0) is 17.8. The standard InChI is InChI=1S/C19H30N4O3/c24-19(20-15-6-2-1-3-7-15)23-11-5-4-8-16(23)18-21-17(26-22-18)13-25-12-14-9-10-14/h14-16H,1-13H2,(H,20,24). The fourth-order valence-corrected chi connectivity index (χ4v) is 4.01. The van der Waals surface area contributed by atoms with Gasteiger partial charge >= 0.3 is 6.03 Å². The highest BCUT2D eigenvalue weighted by Crippen LogP contribution is 2.31. The van der Waals surface area contributed by atoms with E-state index in [9.17, 15) is 4.79 Å². The molecule has 0 radical (unpaired) electrons. The molecule has 2 aliphatic carbocycles. The van der Waals surface area contributed by atoms with E-state index in [1.807, 2.05) is 4.90 Å². The molecule has 1 unspecified atom stereocenters. The van der Waals surface area contributed by atoms with Crippen LogP contribution in [0, 0.1) is 5.92 Å². The summed E-state index contributed by atoms with van der Waals surface area (Å²) in [6.45, 7) is 1.90. The van der Waals surface area contributed by atoms with Gasteiger partial charge < -0.3 is 19.5 Å². The molecule has 26 heavy (non-hydrogen) atoms. The summed E-state index contributed by atoms with van der Waals surface area (Å²) in [5.41, 5.74) is 0. The number of ether oxygens (including phenoxy) is 1. The maximum atomic E-state index is 12.8. The second-order valence-electron chi connectivity index (χ2n) is 7.99. The van der Waals surface area contributed by atoms with Crippen molar-refractivity contribution in [1.82, 2.24) is 20.4 Å². The molecule has 1 aromatic heterocycles. The molecule has 144 valence electrons. The van der Waals surface area contributed by atoms with Crippen LogP contribution < -0.4 is 5.32 Å². The largest absolute Gasteiger partial charge is 0.371 e. The van der Waals surface area contributed by atoms with Crippen LogP contribution in [-0.4, -0.2) is 40.3 Å². The van der Waals surface area contributed by atoms with Crippen LogP contribution in [0.15, 0.2) is 4.52 Å². The Bertz CT molecular complexity index is 595. The summed E-state index contributed by atoms with van der Waals surface area (Å²) in [4.78, 5) is 19.2. The molecule has 4 rings (SSSR count). The Morgan fingerprint density at radius 2 is 1.92 bits per heavy atom. The molecule has 1 saturated heterocycles. The number of aromatic nitrogens is 2. The van der Waals surface area contributed by atoms with E-state index >= 15 is 0 Å². The number of carbonyl (C=O) groups excluding carboxylic acids is 1. The summed E-state index contributed by atoms with van der Waals surface area (Å²) in [5, 5.41) is 7.37. The quantitative estimate of drug-likeness (QED) is 0.837. The summed E-state index contributed by atoms with van der Waals surface area (Å²) in [5.74, 6) is 1.85. The highest BCUT2D eigenvalue weighted by atomic mass is 16.5. The van der Waals surface area contributed by atoms with E-state index in [1.54, 1.807) is 0 Å². The topological polar surface area (TPSA) is 80.5 Å². The van der Waals surface area contributed by atoms with Crippen LogP contribution in [0.4, 0.5) is 4.79 Å². The van der Waals surface area contributed by atoms with Crippen molar-refractivity contribution < 1.29 is 14.1 Å². The second-order valence-corrected chi connectivity index (χ2v) is 7.99. The molecule has 2 amide bonds. The normalized spacial score (nSPS) is 24.6. The van der Waals surface area contributed by atoms with Crippen LogP contribution in [0.2, 0.25) is 0 Å². The monoisotopic (exact) mass is 362 g/mol. The lowest BCUT2D eigenvalue weighted by molar-refractivity contribution is 0.0893. The third-order valence-electron chi connectivity index (χ3n) is 5.75. The van der Waals surface area contributed by atoms with Crippen molar-refractivity contribution in [2.45, 2.75) is 82.9 Å². The molecule has 1 aromatic rings. The summed E-state index contributed by atoms with van der Waals surface area (Å²) in [7, 11) is 0. The van der Waals surface area contributed by atoms with Gasteiger partial charge in [-0.1, -0.05) is 24.4 Å². The minimum absolute atomic E-state index is 0.0259. The number of urea groups is 1. The number of carbonyl (C=O) groups is 1. The Kier molecular flexibility index (Phi) is 5.72. The Labute approximate surface area is 154 Å². The molecule has 2 heterocycles. The van der Waals surface area contributed by atoms with E-state index in [-0.39, 0.29) is 12.1 Å². The number of hydrogen-bond donors (Lipinski definition) is 1. The van der Waals surface area contributed by atoms with E-state index in [0.717, 1.165) is 51.2 Å². The van der Waals surface area contributed by atoms with Gasteiger partial charge in [0.15, 0.2) is 5.82 Å². The molecule has 1 aliphatic heterocycles. The minimum Gasteiger partial charge on any atom is -0.371 e. The van der Waals surface area contributed by atoms with Gasteiger partial charge in [-0.05, 0) is 50.9 Å². The molecule has 7 nitrogen and oxygen atoms in total. The lowest BCUT2D eigenvalue weighted by atomic mass is 9.95. The average molecular weight is 362 g/mol. The Morgan fingerprint density at radius 3 is 2.73 bits per heavy atom. The third-order valence-corrected chi connectivity index (χ3v) is 5.75. The first kappa shape index (κ1) is 17.8. The maximum Gasteiger partial charge on any atom is 0.318 e. The van der Waals surface area contributed by atoms with Crippen LogP contribution in [0.25, 0.3) is 0 Å². The van der Waals surface area contributed by atoms with Gasteiger partial charge in [-0.2, -0.15) is 4.98 Å². The molecule has 3 fully saturated rings. The fourth-order valence-electron chi connectivity index (χ4n) is 4.01. The molecule has 1 N–H and O–H groups in total. The number of nitrogens with zero attached hydrogens (tertiary/aromatic N) is 3. The summed E-state index contributed by atoms with van der Waals surface area (Å²) in [6.07, 6.45) is 11.4. The van der Waals surface area contributed by atoms with Crippen LogP contribution >= 0.6 is 0 Å². The van der Waals surface area contributed by atoms with E-state index in [1.165, 1.54) is 32.1 Å². The molecule has 1 atom stereocenters. The molecule has 7 heteroatoms. The van der Waals surface area contributed by atoms with Crippen molar-refractivity contribution in [2.24, 2.45) is 5.92 Å². The van der Waals surface area contributed by atoms with E-state index in [0.29, 0.717) is 24.4 Å². The number of nitrogens with one attached hydrogen (secondary N) is 1. The van der Waals surface area contributed by atoms with Crippen LogP contribution in [0.1, 0.15) is 82.0 Å². The Hall–Kier alpha value is -1.63. The third kappa shape index (κ3) is 4.55. The lowest BCUT2D eigenvalue weighted by Gasteiger charge is -2.35. The first-order valence-corrected chi connectivity index (χ1v) is 10.3. The van der Waals surface area contributed by atoms with Gasteiger partial charge in [0.2, 0.25) is 0 Å². The van der Waals surface area contributed by atoms with E-state index < -0.39 is 0 Å². The van der Waals surface area contributed by atoms with Crippen molar-refractivity contribution >= 4 is 6.03 Å². The lowest BCUT2D eigenvalue weighted by Crippen LogP contribution is -2.48. The summed E-state index contributed by atoms with van der Waals surface area (Å²) < 4.78 is 11.0. The molecule has 3 aliphatic rings. The summed E-state index contributed by atoms with van der Waals surface area (Å²) >= 11 is 0. The first-order chi connectivity index (χ1) is 12.8. The number of rotatable bonds is 6. The zero-order valence-corrected chi connectivity index (χ0v) is 15.5. The molecular formula is C19H30N4O3. The Morgan fingerprint density at radius 1 is 1.12 bits per heavy atom. The van der Waals surface area contributed by atoms with Gasteiger partial charge in [0, 0.05) is 12.6 Å². The molecule has 0 spiro atoms. The van der Waals surface area contributed by atoms with Crippen LogP contribution in [0.3, 0.4) is 0 Å². The van der Waals surface area contributed by atoms with Crippen molar-refractivity contribution in [3.63, 3.8) is 0 Å². The molecular weight excluding hydrogens is 332 g/mol. The van der Waals surface area contributed by atoms with Crippen LogP contribution in [0.5, 0.6) is 0 Å². The maximum absolute atomic E-state index is 12.8. The predicted octanol–water partition coefficient (Wildman–Crippen LogP) is 3.57. The molecule has 0 bridgehead atoms. The summed E-state index contributed by atoms with van der Waals surface area (Å²) in [6, 6.07) is 0.252. The van der Waals surface area contributed by atoms with Gasteiger partial charge in [0.25, 0.3) is 5.89 Å². The average Bonchev–Trinajstić information content (AvgIpc) is 3.38. The van der Waals surface area contributed by atoms with Crippen molar-refractivity contribution in [3.8, 4) is 0 Å². The van der Waals surface area contributed by atoms with Crippen molar-refractivity contribution in [1.29, 1.82) is 0 Å². The van der Waals surface area contributed by atoms with Gasteiger partial charge in [-0.3, -0.25) is 0 Å². The van der Waals surface area contributed by atoms with Gasteiger partial charge in [0.1, 0.15) is 6.61 Å². The zero-order valence-electron chi connectivity index (χ0n) is 15.5. The molecule has 0 aromatic carbocycles. The van der Waals surface area contributed by atoms with Crippen molar-refractivity contribution in [3.05, 3.63) is 11.7 Å². The highest BCUT2D eigenvalue weighted by Gasteiger charge is 2.32. The highest BCUT2D eigenvalue weighted by molar-refractivity contribution is 5.75. The van der Waals surface area contributed by atoms with E-state index in [4.69, 9.17) is 9.26 Å². The number of amides is 2. The first-order valence-electron chi connectivity index (χ1n) is 10.3. The van der Waals surface area contributed by atoms with Gasteiger partial charge in [0.05, 0.1) is 12.6 Å². The Balaban J connectivity index is 1.35. The molecule has 2 saturated carbocycles. The fraction of sp³-hybridized carbons (Fsp3) is 0.842. The van der Waals surface area contributed by atoms with Crippen molar-refractivity contribution in [2.75, 3.05) is 13.2 Å². The number of hydrogen-bond acceptors (Lipinski definition) is 5. The minimum atomic E-state index is -0.0896. The number of piperidine rings is 1. The van der Waals surface area contributed by atoms with E-state index in [2.05, 4.69) is 15.5 Å². The van der Waals surface area contributed by atoms with Crippen LogP contribution in [-0.2, 0) is 11.3 Å². The second kappa shape index (κ2) is 8.37.